The van der Waals surface area contributed by atoms with Gasteiger partial charge >= 0.3 is 5.97 Å². The van der Waals surface area contributed by atoms with Gasteiger partial charge in [-0.3, -0.25) is 10.6 Å². The van der Waals surface area contributed by atoms with Crippen molar-refractivity contribution in [2.24, 2.45) is 5.84 Å². The number of hydrogen-bond donors (Lipinski definition) is 1. The maximum Gasteiger partial charge on any atom is 0.302 e. The molecule has 0 unspecified atom stereocenters. The van der Waals surface area contributed by atoms with E-state index in [1.807, 2.05) is 0 Å². The molecular formula is C5H11BrN2O2. The Morgan fingerprint density at radius 2 is 2.40 bits per heavy atom. The molecular weight excluding hydrogens is 200 g/mol. The molecule has 0 saturated carbocycles. The minimum Gasteiger partial charge on any atom is -0.466 e. The lowest BCUT2D eigenvalue weighted by atomic mass is 10.5. The van der Waals surface area contributed by atoms with Crippen molar-refractivity contribution < 1.29 is 9.53 Å². The Bertz CT molecular complexity index is 108. The molecule has 0 aliphatic carbocycles. The second-order valence-corrected chi connectivity index (χ2v) is 2.73. The monoisotopic (exact) mass is 210 g/mol. The van der Waals surface area contributed by atoms with E-state index < -0.39 is 0 Å². The summed E-state index contributed by atoms with van der Waals surface area (Å²) in [4.78, 5) is 10.2. The summed E-state index contributed by atoms with van der Waals surface area (Å²) in [6.07, 6.45) is 0.737. The van der Waals surface area contributed by atoms with Gasteiger partial charge in [-0.15, -0.1) is 0 Å². The number of carbonyl (C=O) groups is 1. The lowest BCUT2D eigenvalue weighted by Crippen LogP contribution is -2.21. The van der Waals surface area contributed by atoms with Gasteiger partial charge in [0.2, 0.25) is 0 Å². The zero-order valence-corrected chi connectivity index (χ0v) is 7.43. The Morgan fingerprint density at radius 1 is 1.80 bits per heavy atom. The lowest BCUT2D eigenvalue weighted by molar-refractivity contribution is -0.141. The maximum absolute atomic E-state index is 10.2. The average molecular weight is 211 g/mol. The molecule has 0 saturated heterocycles. The zero-order chi connectivity index (χ0) is 7.98. The third-order valence-corrected chi connectivity index (χ3v) is 1.18. The van der Waals surface area contributed by atoms with E-state index in [4.69, 9.17) is 5.84 Å². The third-order valence-electron chi connectivity index (χ3n) is 0.821. The summed E-state index contributed by atoms with van der Waals surface area (Å²) in [6, 6.07) is 0. The summed E-state index contributed by atoms with van der Waals surface area (Å²) in [7, 11) is 0. The highest BCUT2D eigenvalue weighted by atomic mass is 79.9. The fourth-order valence-electron chi connectivity index (χ4n) is 0.431. The molecule has 0 rings (SSSR count). The standard InChI is InChI=1S/C5H11BrN2O2/c1-5(9)10-4-2-3-8(6)7/h2-4,7H2,1H3. The predicted molar refractivity (Wildman–Crippen MR) is 41.1 cm³/mol. The van der Waals surface area contributed by atoms with Crippen molar-refractivity contribution in [3.63, 3.8) is 0 Å². The number of carbonyl (C=O) groups excluding carboxylic acids is 1. The summed E-state index contributed by atoms with van der Waals surface area (Å²) in [6.45, 7) is 2.47. The third kappa shape index (κ3) is 7.87. The Kier molecular flexibility index (Phi) is 5.57. The van der Waals surface area contributed by atoms with E-state index in [0.29, 0.717) is 13.2 Å². The fraction of sp³-hybridized carbons (Fsp3) is 0.800. The van der Waals surface area contributed by atoms with E-state index >= 15 is 0 Å². The van der Waals surface area contributed by atoms with Crippen LogP contribution in [-0.4, -0.2) is 23.2 Å². The van der Waals surface area contributed by atoms with Crippen LogP contribution in [0.25, 0.3) is 0 Å². The van der Waals surface area contributed by atoms with Gasteiger partial charge in [-0.25, -0.2) is 0 Å². The van der Waals surface area contributed by atoms with Gasteiger partial charge in [-0.2, -0.15) is 4.03 Å². The van der Waals surface area contributed by atoms with E-state index in [9.17, 15) is 4.79 Å². The SMILES string of the molecule is CC(=O)OCCCN(N)Br. The fourth-order valence-corrected chi connectivity index (χ4v) is 0.682. The van der Waals surface area contributed by atoms with Crippen LogP contribution in [0.4, 0.5) is 0 Å². The van der Waals surface area contributed by atoms with Crippen molar-refractivity contribution in [1.82, 2.24) is 4.03 Å². The van der Waals surface area contributed by atoms with Crippen LogP contribution in [0.2, 0.25) is 0 Å². The molecule has 0 atom stereocenters. The van der Waals surface area contributed by atoms with Crippen LogP contribution in [0.15, 0.2) is 0 Å². The molecule has 0 heterocycles. The van der Waals surface area contributed by atoms with Gasteiger partial charge < -0.3 is 4.74 Å². The highest BCUT2D eigenvalue weighted by Gasteiger charge is 1.94. The molecule has 0 spiro atoms. The molecule has 0 bridgehead atoms. The van der Waals surface area contributed by atoms with Crippen LogP contribution >= 0.6 is 16.1 Å². The summed E-state index contributed by atoms with van der Waals surface area (Å²) >= 11 is 3.01. The minimum absolute atomic E-state index is 0.252. The number of rotatable bonds is 4. The quantitative estimate of drug-likeness (QED) is 0.241. The van der Waals surface area contributed by atoms with Crippen LogP contribution in [0.1, 0.15) is 13.3 Å². The number of halogens is 1. The van der Waals surface area contributed by atoms with E-state index in [1.54, 1.807) is 0 Å². The van der Waals surface area contributed by atoms with Crippen LogP contribution in [0.5, 0.6) is 0 Å². The van der Waals surface area contributed by atoms with Gasteiger partial charge in [0.15, 0.2) is 0 Å². The van der Waals surface area contributed by atoms with Crippen molar-refractivity contribution >= 4 is 22.1 Å². The van der Waals surface area contributed by atoms with Crippen molar-refractivity contribution in [2.75, 3.05) is 13.2 Å². The first-order valence-electron chi connectivity index (χ1n) is 2.94. The first-order chi connectivity index (χ1) is 4.63. The normalized spacial score (nSPS) is 10.0. The molecule has 0 fully saturated rings. The second kappa shape index (κ2) is 5.64. The Morgan fingerprint density at radius 3 is 2.80 bits per heavy atom. The molecule has 0 aromatic carbocycles. The summed E-state index contributed by atoms with van der Waals surface area (Å²) in [5, 5.41) is 0. The van der Waals surface area contributed by atoms with Crippen LogP contribution < -0.4 is 5.84 Å². The summed E-state index contributed by atoms with van der Waals surface area (Å²) < 4.78 is 6.02. The molecule has 10 heavy (non-hydrogen) atoms. The van der Waals surface area contributed by atoms with Gasteiger partial charge in [0.05, 0.1) is 6.61 Å². The summed E-state index contributed by atoms with van der Waals surface area (Å²) in [5.74, 6) is 4.97. The van der Waals surface area contributed by atoms with Crippen LogP contribution in [0.3, 0.4) is 0 Å². The smallest absolute Gasteiger partial charge is 0.302 e. The van der Waals surface area contributed by atoms with Gasteiger partial charge in [-0.05, 0) is 6.42 Å². The zero-order valence-electron chi connectivity index (χ0n) is 5.84. The molecule has 4 nitrogen and oxygen atoms in total. The van der Waals surface area contributed by atoms with Crippen molar-refractivity contribution in [1.29, 1.82) is 0 Å². The summed E-state index contributed by atoms with van der Waals surface area (Å²) in [5.41, 5.74) is 0. The maximum atomic E-state index is 10.2. The number of hydrogen-bond acceptors (Lipinski definition) is 4. The molecule has 0 radical (unpaired) electrons. The first-order valence-corrected chi connectivity index (χ1v) is 3.65. The second-order valence-electron chi connectivity index (χ2n) is 1.82. The predicted octanol–water partition coefficient (Wildman–Crippen LogP) is 0.425. The number of hydrazine groups is 1. The van der Waals surface area contributed by atoms with Gasteiger partial charge in [0, 0.05) is 29.6 Å². The topological polar surface area (TPSA) is 55.6 Å². The molecule has 60 valence electrons. The Hall–Kier alpha value is -0.130. The highest BCUT2D eigenvalue weighted by molar-refractivity contribution is 9.07. The van der Waals surface area contributed by atoms with Gasteiger partial charge in [-0.1, -0.05) is 0 Å². The van der Waals surface area contributed by atoms with Crippen LogP contribution in [-0.2, 0) is 9.53 Å². The highest BCUT2D eigenvalue weighted by Crippen LogP contribution is 1.90. The van der Waals surface area contributed by atoms with Crippen LogP contribution in [0, 0.1) is 0 Å². The van der Waals surface area contributed by atoms with E-state index in [-0.39, 0.29) is 5.97 Å². The number of nitrogens with two attached hydrogens (primary N) is 1. The number of esters is 1. The average Bonchev–Trinajstić information content (AvgIpc) is 1.79. The molecule has 2 N–H and O–H groups in total. The molecule has 0 aromatic rings. The molecule has 5 heteroatoms. The number of ether oxygens (including phenoxy) is 1. The Labute approximate surface area is 68.6 Å². The van der Waals surface area contributed by atoms with E-state index in [1.165, 1.54) is 11.0 Å². The molecule has 0 aromatic heterocycles. The van der Waals surface area contributed by atoms with E-state index in [2.05, 4.69) is 20.9 Å². The van der Waals surface area contributed by atoms with Gasteiger partial charge in [0.25, 0.3) is 0 Å². The first kappa shape index (κ1) is 9.87. The number of nitrogens with zero attached hydrogens (tertiary/aromatic N) is 1. The van der Waals surface area contributed by atoms with Crippen molar-refractivity contribution in [3.05, 3.63) is 0 Å². The lowest BCUT2D eigenvalue weighted by Gasteiger charge is -2.05. The Balaban J connectivity index is 2.98. The van der Waals surface area contributed by atoms with Crippen molar-refractivity contribution in [2.45, 2.75) is 13.3 Å². The van der Waals surface area contributed by atoms with Gasteiger partial charge in [0.1, 0.15) is 0 Å². The van der Waals surface area contributed by atoms with E-state index in [0.717, 1.165) is 6.42 Å². The molecule has 0 aliphatic rings. The molecule has 0 amide bonds. The largest absolute Gasteiger partial charge is 0.466 e. The molecule has 0 aliphatic heterocycles. The van der Waals surface area contributed by atoms with Crippen molar-refractivity contribution in [3.8, 4) is 0 Å². The minimum atomic E-state index is -0.252.